The van der Waals surface area contributed by atoms with Crippen molar-refractivity contribution < 1.29 is 14.7 Å². The Kier molecular flexibility index (Phi) is 7.00. The smallest absolute Gasteiger partial charge is 0.303 e. The SMILES string of the molecule is Cc1ccc(Cn2nc(C)c(CCC(=O)NC(C)(C)CCC(=O)O)c2C)cc1. The van der Waals surface area contributed by atoms with E-state index in [-0.39, 0.29) is 12.3 Å². The van der Waals surface area contributed by atoms with Crippen molar-refractivity contribution in [1.82, 2.24) is 15.1 Å². The summed E-state index contributed by atoms with van der Waals surface area (Å²) in [6, 6.07) is 8.41. The van der Waals surface area contributed by atoms with Gasteiger partial charge in [0.15, 0.2) is 0 Å². The lowest BCUT2D eigenvalue weighted by molar-refractivity contribution is -0.137. The van der Waals surface area contributed by atoms with Gasteiger partial charge in [-0.1, -0.05) is 29.8 Å². The van der Waals surface area contributed by atoms with Crippen LogP contribution in [-0.2, 0) is 22.6 Å². The monoisotopic (exact) mass is 385 g/mol. The quantitative estimate of drug-likeness (QED) is 0.691. The van der Waals surface area contributed by atoms with Crippen LogP contribution >= 0.6 is 0 Å². The number of aryl methyl sites for hydroxylation is 2. The molecule has 0 aliphatic heterocycles. The molecule has 0 aliphatic rings. The number of amides is 1. The first kappa shape index (κ1) is 21.7. The number of rotatable bonds is 9. The molecule has 2 aromatic rings. The lowest BCUT2D eigenvalue weighted by Gasteiger charge is -2.25. The molecule has 0 radical (unpaired) electrons. The second-order valence-corrected chi connectivity index (χ2v) is 8.12. The van der Waals surface area contributed by atoms with Gasteiger partial charge >= 0.3 is 5.97 Å². The van der Waals surface area contributed by atoms with Gasteiger partial charge in [-0.15, -0.1) is 0 Å². The standard InChI is InChI=1S/C22H31N3O3/c1-15-6-8-18(9-7-15)14-25-17(3)19(16(2)24-25)10-11-20(26)23-22(4,5)13-12-21(27)28/h6-9H,10-14H2,1-5H3,(H,23,26)(H,27,28). The van der Waals surface area contributed by atoms with Gasteiger partial charge in [0.2, 0.25) is 5.91 Å². The number of nitrogens with zero attached hydrogens (tertiary/aromatic N) is 2. The number of hydrogen-bond acceptors (Lipinski definition) is 3. The molecule has 152 valence electrons. The zero-order chi connectivity index (χ0) is 20.9. The Morgan fingerprint density at radius 2 is 1.75 bits per heavy atom. The summed E-state index contributed by atoms with van der Waals surface area (Å²) in [7, 11) is 0. The van der Waals surface area contributed by atoms with Crippen LogP contribution in [-0.4, -0.2) is 32.3 Å². The van der Waals surface area contributed by atoms with Gasteiger partial charge in [0.05, 0.1) is 12.2 Å². The summed E-state index contributed by atoms with van der Waals surface area (Å²) < 4.78 is 1.99. The molecule has 2 N–H and O–H groups in total. The fraction of sp³-hybridized carbons (Fsp3) is 0.500. The summed E-state index contributed by atoms with van der Waals surface area (Å²) in [4.78, 5) is 23.1. The minimum absolute atomic E-state index is 0.0390. The van der Waals surface area contributed by atoms with Crippen molar-refractivity contribution in [2.24, 2.45) is 0 Å². The number of aromatic nitrogens is 2. The first-order valence-corrected chi connectivity index (χ1v) is 9.68. The molecule has 0 unspecified atom stereocenters. The van der Waals surface area contributed by atoms with Crippen molar-refractivity contribution in [2.75, 3.05) is 0 Å². The molecule has 28 heavy (non-hydrogen) atoms. The Balaban J connectivity index is 1.97. The molecule has 2 rings (SSSR count). The lowest BCUT2D eigenvalue weighted by atomic mass is 9.97. The van der Waals surface area contributed by atoms with Crippen LogP contribution in [0.2, 0.25) is 0 Å². The second-order valence-electron chi connectivity index (χ2n) is 8.12. The number of carbonyl (C=O) groups is 2. The number of nitrogens with one attached hydrogen (secondary N) is 1. The number of carboxylic acids is 1. The normalized spacial score (nSPS) is 11.5. The van der Waals surface area contributed by atoms with E-state index in [0.29, 0.717) is 25.8 Å². The van der Waals surface area contributed by atoms with E-state index in [1.165, 1.54) is 11.1 Å². The molecule has 0 saturated heterocycles. The molecule has 0 saturated carbocycles. The highest BCUT2D eigenvalue weighted by Gasteiger charge is 2.22. The Bertz CT molecular complexity index is 835. The maximum Gasteiger partial charge on any atom is 0.303 e. The third-order valence-corrected chi connectivity index (χ3v) is 5.03. The van der Waals surface area contributed by atoms with E-state index in [1.54, 1.807) is 0 Å². The second kappa shape index (κ2) is 9.04. The van der Waals surface area contributed by atoms with E-state index in [2.05, 4.69) is 41.6 Å². The molecule has 0 atom stereocenters. The van der Waals surface area contributed by atoms with Crippen LogP contribution in [0, 0.1) is 20.8 Å². The van der Waals surface area contributed by atoms with Crippen LogP contribution in [0.3, 0.4) is 0 Å². The number of benzene rings is 1. The van der Waals surface area contributed by atoms with Gasteiger partial charge < -0.3 is 10.4 Å². The highest BCUT2D eigenvalue weighted by molar-refractivity contribution is 5.77. The van der Waals surface area contributed by atoms with Crippen molar-refractivity contribution in [1.29, 1.82) is 0 Å². The molecule has 0 bridgehead atoms. The zero-order valence-corrected chi connectivity index (χ0v) is 17.5. The number of carboxylic acid groups (broad SMARTS) is 1. The summed E-state index contributed by atoms with van der Waals surface area (Å²) in [6.45, 7) is 10.5. The summed E-state index contributed by atoms with van der Waals surface area (Å²) in [6.07, 6.45) is 1.42. The summed E-state index contributed by atoms with van der Waals surface area (Å²) in [5.74, 6) is -0.921. The van der Waals surface area contributed by atoms with Gasteiger partial charge in [-0.3, -0.25) is 14.3 Å². The summed E-state index contributed by atoms with van der Waals surface area (Å²) in [5, 5.41) is 16.4. The van der Waals surface area contributed by atoms with Gasteiger partial charge in [0.1, 0.15) is 0 Å². The highest BCUT2D eigenvalue weighted by Crippen LogP contribution is 2.18. The predicted octanol–water partition coefficient (Wildman–Crippen LogP) is 3.55. The average Bonchev–Trinajstić information content (AvgIpc) is 2.86. The molecule has 0 aliphatic carbocycles. The third kappa shape index (κ3) is 6.22. The van der Waals surface area contributed by atoms with Gasteiger partial charge in [-0.25, -0.2) is 0 Å². The predicted molar refractivity (Wildman–Crippen MR) is 109 cm³/mol. The van der Waals surface area contributed by atoms with Gasteiger partial charge in [-0.2, -0.15) is 5.10 Å². The zero-order valence-electron chi connectivity index (χ0n) is 17.5. The van der Waals surface area contributed by atoms with E-state index in [4.69, 9.17) is 5.11 Å². The van der Waals surface area contributed by atoms with E-state index in [0.717, 1.165) is 17.0 Å². The first-order valence-electron chi connectivity index (χ1n) is 9.68. The van der Waals surface area contributed by atoms with Crippen molar-refractivity contribution in [3.05, 3.63) is 52.3 Å². The molecular weight excluding hydrogens is 354 g/mol. The molecule has 1 aromatic carbocycles. The average molecular weight is 386 g/mol. The van der Waals surface area contributed by atoms with Crippen LogP contribution in [0.15, 0.2) is 24.3 Å². The van der Waals surface area contributed by atoms with E-state index >= 15 is 0 Å². The molecule has 0 fully saturated rings. The fourth-order valence-corrected chi connectivity index (χ4v) is 3.28. The highest BCUT2D eigenvalue weighted by atomic mass is 16.4. The Labute approximate surface area is 167 Å². The fourth-order valence-electron chi connectivity index (χ4n) is 3.28. The Morgan fingerprint density at radius 1 is 1.11 bits per heavy atom. The summed E-state index contributed by atoms with van der Waals surface area (Å²) in [5.41, 5.74) is 5.02. The van der Waals surface area contributed by atoms with E-state index in [9.17, 15) is 9.59 Å². The van der Waals surface area contributed by atoms with E-state index in [1.807, 2.05) is 32.4 Å². The maximum atomic E-state index is 12.3. The minimum atomic E-state index is -0.852. The van der Waals surface area contributed by atoms with Crippen LogP contribution in [0.4, 0.5) is 0 Å². The van der Waals surface area contributed by atoms with Crippen LogP contribution < -0.4 is 5.32 Å². The van der Waals surface area contributed by atoms with E-state index < -0.39 is 11.5 Å². The minimum Gasteiger partial charge on any atom is -0.481 e. The number of aliphatic carboxylic acids is 1. The molecule has 0 spiro atoms. The van der Waals surface area contributed by atoms with Gasteiger partial charge in [0, 0.05) is 24.1 Å². The molecule has 6 heteroatoms. The van der Waals surface area contributed by atoms with Crippen molar-refractivity contribution in [3.8, 4) is 0 Å². The third-order valence-electron chi connectivity index (χ3n) is 5.03. The number of carbonyl (C=O) groups excluding carboxylic acids is 1. The van der Waals surface area contributed by atoms with Crippen LogP contribution in [0.5, 0.6) is 0 Å². The molecule has 1 amide bonds. The largest absolute Gasteiger partial charge is 0.481 e. The molecule has 1 aromatic heterocycles. The maximum absolute atomic E-state index is 12.3. The Hall–Kier alpha value is -2.63. The van der Waals surface area contributed by atoms with Gasteiger partial charge in [-0.05, 0) is 58.6 Å². The van der Waals surface area contributed by atoms with Crippen molar-refractivity contribution in [2.45, 2.75) is 72.4 Å². The topological polar surface area (TPSA) is 84.2 Å². The van der Waals surface area contributed by atoms with Crippen molar-refractivity contribution >= 4 is 11.9 Å². The van der Waals surface area contributed by atoms with Gasteiger partial charge in [0.25, 0.3) is 0 Å². The van der Waals surface area contributed by atoms with Crippen LogP contribution in [0.25, 0.3) is 0 Å². The lowest BCUT2D eigenvalue weighted by Crippen LogP contribution is -2.43. The molecule has 1 heterocycles. The van der Waals surface area contributed by atoms with Crippen molar-refractivity contribution in [3.63, 3.8) is 0 Å². The molecule has 6 nitrogen and oxygen atoms in total. The molecular formula is C22H31N3O3. The summed E-state index contributed by atoms with van der Waals surface area (Å²) >= 11 is 0. The first-order chi connectivity index (χ1) is 13.1. The van der Waals surface area contributed by atoms with Crippen LogP contribution in [0.1, 0.15) is 61.2 Å². The Morgan fingerprint density at radius 3 is 2.36 bits per heavy atom. The number of hydrogen-bond donors (Lipinski definition) is 2.